The van der Waals surface area contributed by atoms with Crippen molar-refractivity contribution in [3.05, 3.63) is 11.4 Å². The van der Waals surface area contributed by atoms with Crippen molar-refractivity contribution in [2.24, 2.45) is 0 Å². The Bertz CT molecular complexity index is 530. The fourth-order valence-corrected chi connectivity index (χ4v) is 2.83. The maximum Gasteiger partial charge on any atom is 0.358 e. The number of carboxylic acid groups (broad SMARTS) is 1. The van der Waals surface area contributed by atoms with Crippen LogP contribution in [0.3, 0.4) is 0 Å². The molecule has 0 atom stereocenters. The van der Waals surface area contributed by atoms with Gasteiger partial charge in [-0.2, -0.15) is 0 Å². The molecule has 0 spiro atoms. The van der Waals surface area contributed by atoms with E-state index >= 15 is 0 Å². The largest absolute Gasteiger partial charge is 0.476 e. The Morgan fingerprint density at radius 2 is 1.95 bits per heavy atom. The Hall–Kier alpha value is -1.92. The summed E-state index contributed by atoms with van der Waals surface area (Å²) in [5.41, 5.74) is 0.584. The molecule has 7 nitrogen and oxygen atoms in total. The topological polar surface area (TPSA) is 97.1 Å². The highest BCUT2D eigenvalue weighted by molar-refractivity contribution is 5.87. The van der Waals surface area contributed by atoms with Crippen molar-refractivity contribution in [3.8, 4) is 0 Å². The minimum atomic E-state index is -1.07. The van der Waals surface area contributed by atoms with E-state index in [4.69, 9.17) is 5.11 Å². The summed E-state index contributed by atoms with van der Waals surface area (Å²) in [7, 11) is 0. The molecule has 1 aromatic heterocycles. The number of hydrogen-bond acceptors (Lipinski definition) is 4. The number of rotatable bonds is 5. The van der Waals surface area contributed by atoms with Crippen LogP contribution in [0.5, 0.6) is 0 Å². The summed E-state index contributed by atoms with van der Waals surface area (Å²) in [5, 5.41) is 19.6. The normalized spacial score (nSPS) is 19.2. The second kappa shape index (κ2) is 5.22. The highest BCUT2D eigenvalue weighted by Gasteiger charge is 2.34. The summed E-state index contributed by atoms with van der Waals surface area (Å²) >= 11 is 0. The molecule has 1 heterocycles. The van der Waals surface area contributed by atoms with Crippen molar-refractivity contribution in [1.82, 2.24) is 20.3 Å². The van der Waals surface area contributed by atoms with E-state index < -0.39 is 5.97 Å². The zero-order chi connectivity index (χ0) is 14.1. The number of nitrogens with one attached hydrogen (secondary N) is 1. The number of amides is 1. The van der Waals surface area contributed by atoms with Crippen LogP contribution < -0.4 is 5.32 Å². The highest BCUT2D eigenvalue weighted by Crippen LogP contribution is 2.41. The van der Waals surface area contributed by atoms with E-state index in [1.807, 2.05) is 0 Å². The van der Waals surface area contributed by atoms with E-state index in [1.54, 1.807) is 0 Å². The van der Waals surface area contributed by atoms with E-state index in [1.165, 1.54) is 4.68 Å². The second-order valence-corrected chi connectivity index (χ2v) is 5.61. The van der Waals surface area contributed by atoms with Crippen LogP contribution >= 0.6 is 0 Å². The van der Waals surface area contributed by atoms with Gasteiger partial charge in [0.15, 0.2) is 5.69 Å². The quantitative estimate of drug-likeness (QED) is 0.834. The van der Waals surface area contributed by atoms with E-state index in [0.29, 0.717) is 5.69 Å². The lowest BCUT2D eigenvalue weighted by Crippen LogP contribution is -2.35. The van der Waals surface area contributed by atoms with Crippen LogP contribution in [0.2, 0.25) is 0 Å². The number of nitrogens with zero attached hydrogens (tertiary/aromatic N) is 3. The third-order valence-corrected chi connectivity index (χ3v) is 3.95. The zero-order valence-electron chi connectivity index (χ0n) is 11.2. The minimum absolute atomic E-state index is 0.0128. The number of aromatic nitrogens is 3. The fourth-order valence-electron chi connectivity index (χ4n) is 2.83. The van der Waals surface area contributed by atoms with E-state index in [9.17, 15) is 9.59 Å². The number of carbonyl (C=O) groups is 2. The van der Waals surface area contributed by atoms with Gasteiger partial charge in [-0.25, -0.2) is 9.48 Å². The fraction of sp³-hybridized carbons (Fsp3) is 0.692. The first-order valence-corrected chi connectivity index (χ1v) is 7.11. The first-order valence-electron chi connectivity index (χ1n) is 7.11. The SMILES string of the molecule is O=C(Cn1nnc(C(=O)O)c1C1CC1)NC1CCCC1. The van der Waals surface area contributed by atoms with Gasteiger partial charge < -0.3 is 10.4 Å². The van der Waals surface area contributed by atoms with E-state index in [0.717, 1.165) is 38.5 Å². The summed E-state index contributed by atoms with van der Waals surface area (Å²) in [5.74, 6) is -0.995. The second-order valence-electron chi connectivity index (χ2n) is 5.61. The lowest BCUT2D eigenvalue weighted by atomic mass is 10.2. The van der Waals surface area contributed by atoms with Gasteiger partial charge in [-0.05, 0) is 25.7 Å². The molecule has 7 heteroatoms. The zero-order valence-corrected chi connectivity index (χ0v) is 11.2. The number of hydrogen-bond donors (Lipinski definition) is 2. The average Bonchev–Trinajstić information content (AvgIpc) is 2.94. The summed E-state index contributed by atoms with van der Waals surface area (Å²) in [6, 6.07) is 0.259. The van der Waals surface area contributed by atoms with Gasteiger partial charge in [0, 0.05) is 12.0 Å². The maximum absolute atomic E-state index is 12.0. The van der Waals surface area contributed by atoms with Gasteiger partial charge in [-0.3, -0.25) is 4.79 Å². The lowest BCUT2D eigenvalue weighted by molar-refractivity contribution is -0.122. The van der Waals surface area contributed by atoms with Gasteiger partial charge in [-0.1, -0.05) is 18.1 Å². The molecule has 0 radical (unpaired) electrons. The first kappa shape index (κ1) is 13.1. The smallest absolute Gasteiger partial charge is 0.358 e. The monoisotopic (exact) mass is 278 g/mol. The van der Waals surface area contributed by atoms with Crippen LogP contribution in [0, 0.1) is 0 Å². The summed E-state index contributed by atoms with van der Waals surface area (Å²) in [4.78, 5) is 23.1. The molecular weight excluding hydrogens is 260 g/mol. The van der Waals surface area contributed by atoms with Gasteiger partial charge >= 0.3 is 5.97 Å². The number of aromatic carboxylic acids is 1. The van der Waals surface area contributed by atoms with Crippen molar-refractivity contribution >= 4 is 11.9 Å². The van der Waals surface area contributed by atoms with E-state index in [-0.39, 0.29) is 30.1 Å². The molecule has 0 saturated heterocycles. The maximum atomic E-state index is 12.0. The third-order valence-electron chi connectivity index (χ3n) is 3.95. The van der Waals surface area contributed by atoms with Crippen LogP contribution in [0.15, 0.2) is 0 Å². The molecule has 2 aliphatic carbocycles. The van der Waals surface area contributed by atoms with Crippen molar-refractivity contribution in [3.63, 3.8) is 0 Å². The van der Waals surface area contributed by atoms with E-state index in [2.05, 4.69) is 15.6 Å². The molecule has 108 valence electrons. The Kier molecular flexibility index (Phi) is 3.42. The lowest BCUT2D eigenvalue weighted by Gasteiger charge is -2.12. The van der Waals surface area contributed by atoms with Crippen LogP contribution in [0.1, 0.15) is 60.6 Å². The summed E-state index contributed by atoms with van der Waals surface area (Å²) in [6.07, 6.45) is 6.25. The Morgan fingerprint density at radius 3 is 2.55 bits per heavy atom. The van der Waals surface area contributed by atoms with Crippen LogP contribution in [0.25, 0.3) is 0 Å². The summed E-state index contributed by atoms with van der Waals surface area (Å²) in [6.45, 7) is 0.0581. The van der Waals surface area contributed by atoms with Crippen LogP contribution in [-0.2, 0) is 11.3 Å². The molecule has 3 rings (SSSR count). The molecule has 2 N–H and O–H groups in total. The number of carbonyl (C=O) groups excluding carboxylic acids is 1. The van der Waals surface area contributed by atoms with Gasteiger partial charge in [0.05, 0.1) is 5.69 Å². The molecule has 2 aliphatic rings. The van der Waals surface area contributed by atoms with Gasteiger partial charge in [0.25, 0.3) is 0 Å². The van der Waals surface area contributed by atoms with Gasteiger partial charge in [0.2, 0.25) is 5.91 Å². The molecule has 1 amide bonds. The highest BCUT2D eigenvalue weighted by atomic mass is 16.4. The van der Waals surface area contributed by atoms with Gasteiger partial charge in [0.1, 0.15) is 6.54 Å². The Balaban J connectivity index is 1.70. The van der Waals surface area contributed by atoms with Crippen LogP contribution in [0.4, 0.5) is 0 Å². The molecular formula is C13H18N4O3. The molecule has 0 unspecified atom stereocenters. The molecule has 0 bridgehead atoms. The average molecular weight is 278 g/mol. The molecule has 2 saturated carbocycles. The minimum Gasteiger partial charge on any atom is -0.476 e. The van der Waals surface area contributed by atoms with Gasteiger partial charge in [-0.15, -0.1) is 5.10 Å². The standard InChI is InChI=1S/C13H18N4O3/c18-10(14-9-3-1-2-4-9)7-17-12(8-5-6-8)11(13(19)20)15-16-17/h8-9H,1-7H2,(H,14,18)(H,19,20). The predicted molar refractivity (Wildman–Crippen MR) is 69.4 cm³/mol. The molecule has 1 aromatic rings. The van der Waals surface area contributed by atoms with Crippen molar-refractivity contribution < 1.29 is 14.7 Å². The first-order chi connectivity index (χ1) is 9.65. The van der Waals surface area contributed by atoms with Crippen molar-refractivity contribution in [2.45, 2.75) is 57.0 Å². The predicted octanol–water partition coefficient (Wildman–Crippen LogP) is 0.912. The van der Waals surface area contributed by atoms with Crippen LogP contribution in [-0.4, -0.2) is 38.0 Å². The third kappa shape index (κ3) is 2.66. The number of carboxylic acids is 1. The van der Waals surface area contributed by atoms with Crippen molar-refractivity contribution in [2.75, 3.05) is 0 Å². The Labute approximate surface area is 116 Å². The molecule has 20 heavy (non-hydrogen) atoms. The van der Waals surface area contributed by atoms with Crippen molar-refractivity contribution in [1.29, 1.82) is 0 Å². The molecule has 2 fully saturated rings. The molecule has 0 aromatic carbocycles. The molecule has 0 aliphatic heterocycles. The summed E-state index contributed by atoms with van der Waals surface area (Å²) < 4.78 is 1.45. The Morgan fingerprint density at radius 1 is 1.25 bits per heavy atom.